The number of carbonyl (C=O) groups is 2. The molecule has 0 radical (unpaired) electrons. The highest BCUT2D eigenvalue weighted by molar-refractivity contribution is 8.26. The van der Waals surface area contributed by atoms with Crippen LogP contribution in [0.15, 0.2) is 29.2 Å². The first-order valence-corrected chi connectivity index (χ1v) is 8.84. The third-order valence-corrected chi connectivity index (χ3v) is 5.00. The Kier molecular flexibility index (Phi) is 6.39. The van der Waals surface area contributed by atoms with Gasteiger partial charge in [0.25, 0.3) is 5.91 Å². The maximum Gasteiger partial charge on any atom is 0.326 e. The Balaban J connectivity index is 2.23. The molecule has 0 bridgehead atoms. The fourth-order valence-corrected chi connectivity index (χ4v) is 3.72. The Labute approximate surface area is 150 Å². The van der Waals surface area contributed by atoms with Crippen molar-refractivity contribution in [3.63, 3.8) is 0 Å². The number of thioether (sulfide) groups is 1. The van der Waals surface area contributed by atoms with Gasteiger partial charge in [-0.05, 0) is 30.2 Å². The fourth-order valence-electron chi connectivity index (χ4n) is 2.36. The van der Waals surface area contributed by atoms with Gasteiger partial charge < -0.3 is 9.84 Å². The number of hydrogen-bond donors (Lipinski definition) is 1. The van der Waals surface area contributed by atoms with Crippen LogP contribution in [0.5, 0.6) is 5.75 Å². The SMILES string of the molecule is CCCCC(C(=O)O)N1C(=O)/C(=C/c2ccc(OC)cc2)SC1=S. The summed E-state index contributed by atoms with van der Waals surface area (Å²) in [4.78, 5) is 25.8. The molecular formula is C17H19NO4S2. The highest BCUT2D eigenvalue weighted by atomic mass is 32.2. The number of ether oxygens (including phenoxy) is 1. The molecule has 1 atom stereocenters. The van der Waals surface area contributed by atoms with Gasteiger partial charge in [0.05, 0.1) is 12.0 Å². The van der Waals surface area contributed by atoms with Gasteiger partial charge in [0.1, 0.15) is 16.1 Å². The number of carbonyl (C=O) groups excluding carboxylic acids is 1. The molecule has 1 heterocycles. The summed E-state index contributed by atoms with van der Waals surface area (Å²) in [6.07, 6.45) is 3.71. The van der Waals surface area contributed by atoms with Crippen molar-refractivity contribution in [2.75, 3.05) is 7.11 Å². The minimum atomic E-state index is -1.02. The average Bonchev–Trinajstić information content (AvgIpc) is 2.83. The molecule has 0 saturated carbocycles. The molecule has 2 rings (SSSR count). The van der Waals surface area contributed by atoms with Crippen molar-refractivity contribution in [2.24, 2.45) is 0 Å². The number of carboxylic acids is 1. The average molecular weight is 365 g/mol. The maximum atomic E-state index is 12.6. The predicted octanol–water partition coefficient (Wildman–Crippen LogP) is 3.54. The van der Waals surface area contributed by atoms with Crippen LogP contribution in [-0.2, 0) is 9.59 Å². The topological polar surface area (TPSA) is 66.8 Å². The van der Waals surface area contributed by atoms with Gasteiger partial charge in [0, 0.05) is 0 Å². The second-order valence-corrected chi connectivity index (χ2v) is 7.00. The number of nitrogens with zero attached hydrogens (tertiary/aromatic N) is 1. The first-order valence-electron chi connectivity index (χ1n) is 7.61. The summed E-state index contributed by atoms with van der Waals surface area (Å²) in [6.45, 7) is 1.98. The van der Waals surface area contributed by atoms with E-state index in [0.717, 1.165) is 35.9 Å². The predicted molar refractivity (Wildman–Crippen MR) is 99.0 cm³/mol. The molecule has 0 aliphatic carbocycles. The van der Waals surface area contributed by atoms with E-state index >= 15 is 0 Å². The number of rotatable bonds is 7. The zero-order chi connectivity index (χ0) is 17.7. The lowest BCUT2D eigenvalue weighted by molar-refractivity contribution is -0.145. The van der Waals surface area contributed by atoms with Crippen molar-refractivity contribution >= 4 is 46.3 Å². The summed E-state index contributed by atoms with van der Waals surface area (Å²) in [5, 5.41) is 9.43. The van der Waals surface area contributed by atoms with E-state index in [2.05, 4.69) is 0 Å². The van der Waals surface area contributed by atoms with Gasteiger partial charge in [-0.25, -0.2) is 4.79 Å². The van der Waals surface area contributed by atoms with Crippen LogP contribution in [0.1, 0.15) is 31.7 Å². The summed E-state index contributed by atoms with van der Waals surface area (Å²) < 4.78 is 5.40. The van der Waals surface area contributed by atoms with Crippen molar-refractivity contribution in [1.82, 2.24) is 4.90 Å². The van der Waals surface area contributed by atoms with Gasteiger partial charge in [0.15, 0.2) is 0 Å². The van der Waals surface area contributed by atoms with Crippen LogP contribution < -0.4 is 4.74 Å². The molecular weight excluding hydrogens is 346 g/mol. The number of amides is 1. The monoisotopic (exact) mass is 365 g/mol. The Hall–Kier alpha value is -1.86. The number of carboxylic acid groups (broad SMARTS) is 1. The van der Waals surface area contributed by atoms with Crippen molar-refractivity contribution in [1.29, 1.82) is 0 Å². The van der Waals surface area contributed by atoms with Gasteiger partial charge in [-0.15, -0.1) is 0 Å². The molecule has 24 heavy (non-hydrogen) atoms. The second-order valence-electron chi connectivity index (χ2n) is 5.32. The smallest absolute Gasteiger partial charge is 0.326 e. The lowest BCUT2D eigenvalue weighted by Gasteiger charge is -2.22. The molecule has 1 N–H and O–H groups in total. The van der Waals surface area contributed by atoms with Gasteiger partial charge in [-0.3, -0.25) is 9.69 Å². The summed E-state index contributed by atoms with van der Waals surface area (Å²) in [7, 11) is 1.59. The largest absolute Gasteiger partial charge is 0.497 e. The number of methoxy groups -OCH3 is 1. The molecule has 5 nitrogen and oxygen atoms in total. The van der Waals surface area contributed by atoms with Crippen molar-refractivity contribution in [3.8, 4) is 5.75 Å². The van der Waals surface area contributed by atoms with Crippen LogP contribution in [0.2, 0.25) is 0 Å². The Morgan fingerprint density at radius 3 is 2.62 bits per heavy atom. The van der Waals surface area contributed by atoms with Crippen LogP contribution >= 0.6 is 24.0 Å². The van der Waals surface area contributed by atoms with E-state index in [1.165, 1.54) is 4.90 Å². The number of thiocarbonyl (C=S) groups is 1. The van der Waals surface area contributed by atoms with Crippen LogP contribution in [0.25, 0.3) is 6.08 Å². The Bertz CT molecular complexity index is 670. The minimum absolute atomic E-state index is 0.295. The summed E-state index contributed by atoms with van der Waals surface area (Å²) in [6, 6.07) is 6.36. The zero-order valence-corrected chi connectivity index (χ0v) is 15.2. The molecule has 1 fully saturated rings. The Morgan fingerprint density at radius 1 is 1.42 bits per heavy atom. The molecule has 0 aromatic heterocycles. The van der Waals surface area contributed by atoms with Crippen LogP contribution in [0, 0.1) is 0 Å². The maximum absolute atomic E-state index is 12.6. The summed E-state index contributed by atoms with van der Waals surface area (Å²) >= 11 is 6.38. The fraction of sp³-hybridized carbons (Fsp3) is 0.353. The molecule has 7 heteroatoms. The second kappa shape index (κ2) is 8.30. The van der Waals surface area contributed by atoms with E-state index in [9.17, 15) is 14.7 Å². The lowest BCUT2D eigenvalue weighted by atomic mass is 10.1. The Morgan fingerprint density at radius 2 is 2.08 bits per heavy atom. The van der Waals surface area contributed by atoms with Crippen LogP contribution in [-0.4, -0.2) is 39.4 Å². The zero-order valence-electron chi connectivity index (χ0n) is 13.5. The third-order valence-electron chi connectivity index (χ3n) is 3.66. The molecule has 1 saturated heterocycles. The molecule has 1 unspecified atom stereocenters. The number of hydrogen-bond acceptors (Lipinski definition) is 5. The first-order chi connectivity index (χ1) is 11.5. The van der Waals surface area contributed by atoms with E-state index in [-0.39, 0.29) is 5.91 Å². The third kappa shape index (κ3) is 4.15. The van der Waals surface area contributed by atoms with Crippen molar-refractivity contribution < 1.29 is 19.4 Å². The highest BCUT2D eigenvalue weighted by Gasteiger charge is 2.40. The molecule has 0 spiro atoms. The van der Waals surface area contributed by atoms with Crippen molar-refractivity contribution in [2.45, 2.75) is 32.2 Å². The van der Waals surface area contributed by atoms with Gasteiger partial charge in [0.2, 0.25) is 0 Å². The van der Waals surface area contributed by atoms with Crippen molar-refractivity contribution in [3.05, 3.63) is 34.7 Å². The number of benzene rings is 1. The van der Waals surface area contributed by atoms with Gasteiger partial charge in [-0.1, -0.05) is 55.9 Å². The number of aliphatic carboxylic acids is 1. The minimum Gasteiger partial charge on any atom is -0.497 e. The van der Waals surface area contributed by atoms with E-state index in [0.29, 0.717) is 15.6 Å². The van der Waals surface area contributed by atoms with Crippen LogP contribution in [0.3, 0.4) is 0 Å². The molecule has 1 aliphatic heterocycles. The molecule has 1 amide bonds. The molecule has 128 valence electrons. The standard InChI is InChI=1S/C17H19NO4S2/c1-3-4-5-13(16(20)21)18-15(19)14(24-17(18)23)10-11-6-8-12(22-2)9-7-11/h6-10,13H,3-5H2,1-2H3,(H,20,21)/b14-10-. The number of unbranched alkanes of at least 4 members (excludes halogenated alkanes) is 1. The quantitative estimate of drug-likeness (QED) is 0.589. The van der Waals surface area contributed by atoms with E-state index in [4.69, 9.17) is 17.0 Å². The molecule has 1 aromatic rings. The van der Waals surface area contributed by atoms with E-state index in [1.807, 2.05) is 19.1 Å². The lowest BCUT2D eigenvalue weighted by Crippen LogP contribution is -2.43. The van der Waals surface area contributed by atoms with Gasteiger partial charge in [-0.2, -0.15) is 0 Å². The molecule has 1 aliphatic rings. The summed E-state index contributed by atoms with van der Waals surface area (Å²) in [5.41, 5.74) is 0.830. The van der Waals surface area contributed by atoms with E-state index in [1.54, 1.807) is 25.3 Å². The van der Waals surface area contributed by atoms with Crippen LogP contribution in [0.4, 0.5) is 0 Å². The first kappa shape index (κ1) is 18.5. The summed E-state index contributed by atoms with van der Waals surface area (Å²) in [5.74, 6) is -0.639. The normalized spacial score (nSPS) is 17.4. The van der Waals surface area contributed by atoms with E-state index < -0.39 is 12.0 Å². The molecule has 1 aromatic carbocycles. The highest BCUT2D eigenvalue weighted by Crippen LogP contribution is 2.35. The van der Waals surface area contributed by atoms with Gasteiger partial charge >= 0.3 is 5.97 Å².